The van der Waals surface area contributed by atoms with Crippen LogP contribution in [0.3, 0.4) is 0 Å². The lowest BCUT2D eigenvalue weighted by Crippen LogP contribution is -2.67. The van der Waals surface area contributed by atoms with Gasteiger partial charge < -0.3 is 15.6 Å². The van der Waals surface area contributed by atoms with Gasteiger partial charge in [-0.2, -0.15) is 4.79 Å². The molecule has 1 fully saturated rings. The van der Waals surface area contributed by atoms with Crippen LogP contribution >= 0.6 is 0 Å². The summed E-state index contributed by atoms with van der Waals surface area (Å²) in [5, 5.41) is 9.25. The number of hydrogen-bond acceptors (Lipinski definition) is 5. The zero-order valence-electron chi connectivity index (χ0n) is 11.5. The number of imide groups is 1. The topological polar surface area (TPSA) is 107 Å². The Morgan fingerprint density at radius 1 is 1.37 bits per heavy atom. The maximum atomic E-state index is 12.5. The number of carboxylic acid groups (broad SMARTS) is 1. The second-order valence-corrected chi connectivity index (χ2v) is 5.17. The van der Waals surface area contributed by atoms with Crippen molar-refractivity contribution in [3.63, 3.8) is 0 Å². The number of carboxylic acids is 1. The van der Waals surface area contributed by atoms with Crippen molar-refractivity contribution >= 4 is 18.0 Å². The summed E-state index contributed by atoms with van der Waals surface area (Å²) in [6, 6.07) is -2.00. The lowest BCUT2D eigenvalue weighted by Gasteiger charge is -2.33. The number of carbonyl (C=O) groups excluding carboxylic acids is 2. The Hall–Kier alpha value is -1.47. The normalized spacial score (nSPS) is 28.2. The smallest absolute Gasteiger partial charge is 0.477 e. The van der Waals surface area contributed by atoms with Gasteiger partial charge in [-0.3, -0.25) is 0 Å². The van der Waals surface area contributed by atoms with Gasteiger partial charge in [0.25, 0.3) is 0 Å². The monoisotopic (exact) mass is 273 g/mol. The number of carbonyl (C=O) groups is 3. The van der Waals surface area contributed by atoms with Crippen LogP contribution in [0.1, 0.15) is 26.7 Å². The van der Waals surface area contributed by atoms with E-state index in [2.05, 4.69) is 4.74 Å². The molecule has 19 heavy (non-hydrogen) atoms. The number of ether oxygens (including phenoxy) is 1. The van der Waals surface area contributed by atoms with Crippen LogP contribution in [0.15, 0.2) is 0 Å². The van der Waals surface area contributed by atoms with E-state index in [-0.39, 0.29) is 18.9 Å². The third kappa shape index (κ3) is 2.48. The highest BCUT2D eigenvalue weighted by Crippen LogP contribution is 2.31. The van der Waals surface area contributed by atoms with Crippen LogP contribution in [0.25, 0.3) is 0 Å². The number of amides is 2. The first-order chi connectivity index (χ1) is 8.78. The van der Waals surface area contributed by atoms with Gasteiger partial charge in [0, 0.05) is 12.8 Å². The van der Waals surface area contributed by atoms with Crippen molar-refractivity contribution in [2.75, 3.05) is 13.7 Å². The molecule has 0 radical (unpaired) electrons. The fourth-order valence-corrected chi connectivity index (χ4v) is 2.51. The van der Waals surface area contributed by atoms with E-state index in [9.17, 15) is 19.5 Å². The molecule has 1 aliphatic rings. The zero-order chi connectivity index (χ0) is 14.8. The van der Waals surface area contributed by atoms with E-state index in [0.717, 1.165) is 7.11 Å². The first-order valence-electron chi connectivity index (χ1n) is 6.28. The van der Waals surface area contributed by atoms with Crippen molar-refractivity contribution in [3.05, 3.63) is 0 Å². The van der Waals surface area contributed by atoms with Gasteiger partial charge in [-0.15, -0.1) is 4.48 Å². The summed E-state index contributed by atoms with van der Waals surface area (Å²) in [7, 11) is 1.15. The Morgan fingerprint density at radius 2 is 1.95 bits per heavy atom. The Balaban J connectivity index is 3.24. The van der Waals surface area contributed by atoms with Crippen molar-refractivity contribution in [2.45, 2.75) is 38.8 Å². The van der Waals surface area contributed by atoms with E-state index in [4.69, 9.17) is 5.73 Å². The average Bonchev–Trinajstić information content (AvgIpc) is 2.81. The van der Waals surface area contributed by atoms with Crippen molar-refractivity contribution in [2.24, 2.45) is 11.7 Å². The Labute approximate surface area is 111 Å². The molecule has 0 saturated carbocycles. The molecule has 0 aromatic heterocycles. The van der Waals surface area contributed by atoms with Gasteiger partial charge in [-0.1, -0.05) is 13.8 Å². The maximum Gasteiger partial charge on any atom is 0.524 e. The van der Waals surface area contributed by atoms with Crippen molar-refractivity contribution in [1.82, 2.24) is 0 Å². The lowest BCUT2D eigenvalue weighted by atomic mass is 10.0. The van der Waals surface area contributed by atoms with Gasteiger partial charge in [-0.05, 0) is 5.92 Å². The van der Waals surface area contributed by atoms with E-state index in [0.29, 0.717) is 6.42 Å². The molecule has 3 atom stereocenters. The number of hydrogen-bond donors (Lipinski definition) is 2. The molecule has 0 aromatic rings. The summed E-state index contributed by atoms with van der Waals surface area (Å²) in [5.74, 6) is -1.93. The summed E-state index contributed by atoms with van der Waals surface area (Å²) in [6.07, 6.45) is -0.102. The Kier molecular flexibility index (Phi) is 4.65. The van der Waals surface area contributed by atoms with Gasteiger partial charge >= 0.3 is 18.0 Å². The first kappa shape index (κ1) is 15.6. The molecule has 3 N–H and O–H groups in total. The number of nitrogens with zero attached hydrogens (tertiary/aromatic N) is 1. The number of rotatable bonds is 3. The van der Waals surface area contributed by atoms with Crippen molar-refractivity contribution in [1.29, 1.82) is 0 Å². The fraction of sp³-hybridized carbons (Fsp3) is 0.750. The zero-order valence-corrected chi connectivity index (χ0v) is 11.5. The summed E-state index contributed by atoms with van der Waals surface area (Å²) in [4.78, 5) is 35.9. The van der Waals surface area contributed by atoms with Crippen LogP contribution in [0.2, 0.25) is 0 Å². The van der Waals surface area contributed by atoms with Crippen LogP contribution in [-0.2, 0) is 14.3 Å². The standard InChI is InChI=1S/C12H20N2O5/c1-7(2)9(13)10(15)14(12(18)19-3)6-4-5-8(14)11(16)17/h7-9H,4-6,13H2,1-3H3/p+1/t8-,9-,14?/m0/s1. The second kappa shape index (κ2) is 5.66. The van der Waals surface area contributed by atoms with Crippen molar-refractivity contribution < 1.29 is 28.7 Å². The molecule has 1 heterocycles. The minimum Gasteiger partial charge on any atom is -0.477 e. The van der Waals surface area contributed by atoms with Crippen LogP contribution in [0.5, 0.6) is 0 Å². The molecular formula is C12H21N2O5+. The van der Waals surface area contributed by atoms with E-state index < -0.39 is 34.5 Å². The third-order valence-corrected chi connectivity index (χ3v) is 3.70. The van der Waals surface area contributed by atoms with E-state index in [1.165, 1.54) is 0 Å². The minimum absolute atomic E-state index is 0.128. The molecule has 1 unspecified atom stereocenters. The number of quaternary nitrogens is 1. The largest absolute Gasteiger partial charge is 0.524 e. The highest BCUT2D eigenvalue weighted by atomic mass is 16.6. The predicted molar refractivity (Wildman–Crippen MR) is 66.0 cm³/mol. The highest BCUT2D eigenvalue weighted by Gasteiger charge is 2.60. The van der Waals surface area contributed by atoms with Gasteiger partial charge in [0.05, 0.1) is 13.7 Å². The summed E-state index contributed by atoms with van der Waals surface area (Å²) in [6.45, 7) is 3.63. The Morgan fingerprint density at radius 3 is 2.37 bits per heavy atom. The lowest BCUT2D eigenvalue weighted by molar-refractivity contribution is -0.786. The molecule has 1 rings (SSSR count). The molecule has 1 saturated heterocycles. The quantitative estimate of drug-likeness (QED) is 0.717. The number of likely N-dealkylation sites (tertiary alicyclic amines) is 1. The molecule has 0 aliphatic carbocycles. The average molecular weight is 273 g/mol. The predicted octanol–water partition coefficient (Wildman–Crippen LogP) is 0.326. The fourth-order valence-electron chi connectivity index (χ4n) is 2.51. The molecule has 1 aliphatic heterocycles. The molecular weight excluding hydrogens is 252 g/mol. The molecule has 0 aromatic carbocycles. The van der Waals surface area contributed by atoms with Gasteiger partial charge in [0.2, 0.25) is 6.04 Å². The summed E-state index contributed by atoms with van der Waals surface area (Å²) < 4.78 is 3.83. The van der Waals surface area contributed by atoms with Gasteiger partial charge in [0.15, 0.2) is 0 Å². The van der Waals surface area contributed by atoms with Crippen LogP contribution in [0.4, 0.5) is 4.79 Å². The second-order valence-electron chi connectivity index (χ2n) is 5.17. The molecule has 7 heteroatoms. The number of aliphatic carboxylic acids is 1. The molecule has 0 bridgehead atoms. The van der Waals surface area contributed by atoms with Crippen LogP contribution in [0, 0.1) is 5.92 Å². The van der Waals surface area contributed by atoms with Gasteiger partial charge in [-0.25, -0.2) is 9.59 Å². The Bertz CT molecular complexity index is 396. The van der Waals surface area contributed by atoms with Crippen LogP contribution in [-0.4, -0.2) is 53.3 Å². The van der Waals surface area contributed by atoms with E-state index >= 15 is 0 Å². The molecule has 2 amide bonds. The van der Waals surface area contributed by atoms with Gasteiger partial charge in [0.1, 0.15) is 6.04 Å². The third-order valence-electron chi connectivity index (χ3n) is 3.70. The minimum atomic E-state index is -1.17. The van der Waals surface area contributed by atoms with Crippen LogP contribution < -0.4 is 5.73 Å². The number of methoxy groups -OCH3 is 1. The van der Waals surface area contributed by atoms with Crippen molar-refractivity contribution in [3.8, 4) is 0 Å². The molecule has 7 nitrogen and oxygen atoms in total. The first-order valence-corrected chi connectivity index (χ1v) is 6.28. The molecule has 108 valence electrons. The van der Waals surface area contributed by atoms with E-state index in [1.54, 1.807) is 13.8 Å². The van der Waals surface area contributed by atoms with E-state index in [1.807, 2.05) is 0 Å². The maximum absolute atomic E-state index is 12.5. The SMILES string of the molecule is COC(=O)[N+]1(C(=O)[C@@H](N)C(C)C)CCC[C@H]1C(=O)O. The number of nitrogens with two attached hydrogens (primary N) is 1. The summed E-state index contributed by atoms with van der Waals surface area (Å²) >= 11 is 0. The molecule has 0 spiro atoms. The summed E-state index contributed by atoms with van der Waals surface area (Å²) in [5.41, 5.74) is 5.81. The highest BCUT2D eigenvalue weighted by molar-refractivity contribution is 5.89.